The molecule has 0 atom stereocenters. The van der Waals surface area contributed by atoms with Crippen LogP contribution in [0.2, 0.25) is 0 Å². The molecule has 6 nitrogen and oxygen atoms in total. The molecule has 0 amide bonds. The smallest absolute Gasteiger partial charge is 0.387 e. The number of hydrogen-bond acceptors (Lipinski definition) is 5. The first kappa shape index (κ1) is 18.4. The lowest BCUT2D eigenvalue weighted by Crippen LogP contribution is -2.09. The molecule has 0 aliphatic heterocycles. The van der Waals surface area contributed by atoms with Crippen LogP contribution in [0.15, 0.2) is 41.5 Å². The monoisotopic (exact) mass is 381 g/mol. The lowest BCUT2D eigenvalue weighted by atomic mass is 10.2. The summed E-state index contributed by atoms with van der Waals surface area (Å²) >= 11 is 0. The van der Waals surface area contributed by atoms with Crippen molar-refractivity contribution in [2.75, 3.05) is 0 Å². The zero-order valence-corrected chi connectivity index (χ0v) is 13.4. The largest absolute Gasteiger partial charge is 0.431 e. The average Bonchev–Trinajstić information content (AvgIpc) is 2.61. The van der Waals surface area contributed by atoms with Gasteiger partial charge in [-0.3, -0.25) is 9.78 Å². The van der Waals surface area contributed by atoms with E-state index < -0.39 is 30.3 Å². The quantitative estimate of drug-likeness (QED) is 0.659. The van der Waals surface area contributed by atoms with Crippen LogP contribution in [-0.4, -0.2) is 28.2 Å². The highest BCUT2D eigenvalue weighted by atomic mass is 19.3. The number of nitrogens with one attached hydrogen (secondary N) is 1. The normalized spacial score (nSPS) is 11.6. The minimum Gasteiger partial charge on any atom is -0.431 e. The molecule has 0 unspecified atom stereocenters. The first-order chi connectivity index (χ1) is 12.9. The molecule has 0 bridgehead atoms. The summed E-state index contributed by atoms with van der Waals surface area (Å²) in [4.78, 5) is 22.6. The van der Waals surface area contributed by atoms with Crippen LogP contribution in [0.1, 0.15) is 11.4 Å². The Labute approximate surface area is 149 Å². The molecule has 0 fully saturated rings. The number of benzene rings is 1. The van der Waals surface area contributed by atoms with Gasteiger partial charge in [0.1, 0.15) is 5.82 Å². The third-order valence-corrected chi connectivity index (χ3v) is 3.37. The maximum Gasteiger partial charge on any atom is 0.387 e. The topological polar surface area (TPSA) is 77.1 Å². The van der Waals surface area contributed by atoms with Gasteiger partial charge in [-0.25, -0.2) is 0 Å². The number of hydrogen-bond donors (Lipinski definition) is 1. The third kappa shape index (κ3) is 4.60. The second-order valence-corrected chi connectivity index (χ2v) is 5.14. The van der Waals surface area contributed by atoms with Gasteiger partial charge in [0.2, 0.25) is 0 Å². The summed E-state index contributed by atoms with van der Waals surface area (Å²) in [6.07, 6.45) is 5.77. The number of aromatic nitrogens is 3. The summed E-state index contributed by atoms with van der Waals surface area (Å²) < 4.78 is 58.0. The van der Waals surface area contributed by atoms with Gasteiger partial charge in [0.05, 0.1) is 17.1 Å². The van der Waals surface area contributed by atoms with Gasteiger partial charge >= 0.3 is 13.2 Å². The fourth-order valence-electron chi connectivity index (χ4n) is 2.28. The Morgan fingerprint density at radius 3 is 2.48 bits per heavy atom. The molecule has 0 aliphatic carbocycles. The molecule has 0 saturated carbocycles. The number of aromatic amines is 1. The van der Waals surface area contributed by atoms with E-state index in [4.69, 9.17) is 0 Å². The summed E-state index contributed by atoms with van der Waals surface area (Å²) in [7, 11) is 0. The molecule has 27 heavy (non-hydrogen) atoms. The van der Waals surface area contributed by atoms with Crippen molar-refractivity contribution in [3.05, 3.63) is 58.4 Å². The van der Waals surface area contributed by atoms with Crippen molar-refractivity contribution in [3.63, 3.8) is 0 Å². The number of rotatable bonds is 6. The number of H-pyrrole nitrogens is 1. The highest BCUT2D eigenvalue weighted by Gasteiger charge is 2.14. The molecule has 2 heterocycles. The number of pyridine rings is 1. The Morgan fingerprint density at radius 1 is 1.00 bits per heavy atom. The molecule has 3 rings (SSSR count). The summed E-state index contributed by atoms with van der Waals surface area (Å²) in [6, 6.07) is 5.04. The Bertz CT molecular complexity index is 1040. The summed E-state index contributed by atoms with van der Waals surface area (Å²) in [6.45, 7) is -6.40. The number of fused-ring (bicyclic) bond motifs is 1. The van der Waals surface area contributed by atoms with E-state index in [2.05, 4.69) is 24.4 Å². The molecule has 140 valence electrons. The fourth-order valence-corrected chi connectivity index (χ4v) is 2.28. The Balaban J connectivity index is 1.91. The van der Waals surface area contributed by atoms with Crippen LogP contribution in [0.25, 0.3) is 23.1 Å². The number of nitrogens with zero attached hydrogens (tertiary/aromatic N) is 2. The minimum atomic E-state index is -3.21. The minimum absolute atomic E-state index is 0.199. The number of alkyl halides is 4. The summed E-state index contributed by atoms with van der Waals surface area (Å²) in [5.41, 5.74) is 0.342. The van der Waals surface area contributed by atoms with Crippen molar-refractivity contribution in [2.24, 2.45) is 0 Å². The highest BCUT2D eigenvalue weighted by Crippen LogP contribution is 2.31. The van der Waals surface area contributed by atoms with Gasteiger partial charge in [-0.15, -0.1) is 0 Å². The van der Waals surface area contributed by atoms with E-state index >= 15 is 0 Å². The van der Waals surface area contributed by atoms with Gasteiger partial charge in [-0.1, -0.05) is 12.1 Å². The molecule has 3 aromatic rings. The van der Waals surface area contributed by atoms with E-state index in [1.54, 1.807) is 0 Å². The third-order valence-electron chi connectivity index (χ3n) is 3.37. The van der Waals surface area contributed by atoms with Gasteiger partial charge in [0.25, 0.3) is 5.56 Å². The van der Waals surface area contributed by atoms with Gasteiger partial charge in [-0.05, 0) is 29.8 Å². The lowest BCUT2D eigenvalue weighted by molar-refractivity contribution is -0.0692. The van der Waals surface area contributed by atoms with Crippen molar-refractivity contribution >= 4 is 23.1 Å². The Morgan fingerprint density at radius 2 is 1.74 bits per heavy atom. The van der Waals surface area contributed by atoms with Gasteiger partial charge in [0, 0.05) is 6.20 Å². The maximum atomic E-state index is 12.5. The first-order valence-corrected chi connectivity index (χ1v) is 7.48. The predicted octanol–water partition coefficient (Wildman–Crippen LogP) is 3.69. The van der Waals surface area contributed by atoms with Crippen molar-refractivity contribution in [1.82, 2.24) is 15.0 Å². The molecular weight excluding hydrogens is 370 g/mol. The molecule has 0 radical (unpaired) electrons. The zero-order chi connectivity index (χ0) is 19.4. The number of ether oxygens (including phenoxy) is 2. The van der Waals surface area contributed by atoms with Crippen LogP contribution in [-0.2, 0) is 0 Å². The second-order valence-electron chi connectivity index (χ2n) is 5.14. The van der Waals surface area contributed by atoms with Crippen molar-refractivity contribution in [3.8, 4) is 11.5 Å². The SMILES string of the molecule is O=c1nc(/C=C/c2ccc(OC(F)F)c(OC(F)F)c2)[nH]c2cnccc12. The molecule has 2 aromatic heterocycles. The molecular formula is C17H11F4N3O3. The van der Waals surface area contributed by atoms with E-state index in [0.717, 1.165) is 12.1 Å². The summed E-state index contributed by atoms with van der Waals surface area (Å²) in [5.74, 6) is -0.868. The fraction of sp³-hybridized carbons (Fsp3) is 0.118. The predicted molar refractivity (Wildman–Crippen MR) is 88.8 cm³/mol. The molecule has 0 saturated heterocycles. The van der Waals surface area contributed by atoms with Crippen LogP contribution in [0.5, 0.6) is 11.5 Å². The van der Waals surface area contributed by atoms with E-state index in [9.17, 15) is 22.4 Å². The van der Waals surface area contributed by atoms with Crippen LogP contribution in [0, 0.1) is 0 Å². The Kier molecular flexibility index (Phi) is 5.34. The van der Waals surface area contributed by atoms with E-state index in [-0.39, 0.29) is 5.82 Å². The molecule has 0 spiro atoms. The van der Waals surface area contributed by atoms with E-state index in [1.807, 2.05) is 0 Å². The average molecular weight is 381 g/mol. The molecule has 1 N–H and O–H groups in total. The second kappa shape index (κ2) is 7.85. The lowest BCUT2D eigenvalue weighted by Gasteiger charge is -2.12. The van der Waals surface area contributed by atoms with Crippen LogP contribution < -0.4 is 15.0 Å². The zero-order valence-electron chi connectivity index (χ0n) is 13.4. The van der Waals surface area contributed by atoms with Gasteiger partial charge in [0.15, 0.2) is 11.5 Å². The van der Waals surface area contributed by atoms with Crippen molar-refractivity contribution < 1.29 is 27.0 Å². The van der Waals surface area contributed by atoms with Gasteiger partial charge in [-0.2, -0.15) is 22.5 Å². The van der Waals surface area contributed by atoms with Gasteiger partial charge < -0.3 is 14.5 Å². The Hall–Kier alpha value is -3.43. The van der Waals surface area contributed by atoms with Crippen LogP contribution in [0.3, 0.4) is 0 Å². The van der Waals surface area contributed by atoms with Crippen LogP contribution in [0.4, 0.5) is 17.6 Å². The molecule has 0 aliphatic rings. The summed E-state index contributed by atoms with van der Waals surface area (Å²) in [5, 5.41) is 0.364. The molecule has 10 heteroatoms. The van der Waals surface area contributed by atoms with E-state index in [1.165, 1.54) is 36.7 Å². The van der Waals surface area contributed by atoms with E-state index in [0.29, 0.717) is 16.5 Å². The maximum absolute atomic E-state index is 12.5. The van der Waals surface area contributed by atoms with Crippen molar-refractivity contribution in [1.29, 1.82) is 0 Å². The molecule has 1 aromatic carbocycles. The first-order valence-electron chi connectivity index (χ1n) is 7.48. The highest BCUT2D eigenvalue weighted by molar-refractivity contribution is 5.78. The standard InChI is InChI=1S/C17H11F4N3O3/c18-16(19)26-12-3-1-9(7-13(12)27-17(20)21)2-4-14-23-11-8-22-6-5-10(11)15(25)24-14/h1-8,16-17H,(H,23,24,25)/b4-2+. The number of halogens is 4. The van der Waals surface area contributed by atoms with Crippen LogP contribution >= 0.6 is 0 Å². The van der Waals surface area contributed by atoms with Crippen molar-refractivity contribution in [2.45, 2.75) is 13.2 Å².